The van der Waals surface area contributed by atoms with E-state index in [4.69, 9.17) is 4.74 Å². The van der Waals surface area contributed by atoms with Crippen molar-refractivity contribution in [1.82, 2.24) is 5.32 Å². The number of nitrogens with one attached hydrogen (secondary N) is 1. The average molecular weight is 332 g/mol. The van der Waals surface area contributed by atoms with Crippen molar-refractivity contribution < 1.29 is 4.74 Å². The van der Waals surface area contributed by atoms with Gasteiger partial charge in [-0.2, -0.15) is 0 Å². The Bertz CT molecular complexity index is 612. The molecule has 2 aromatic rings. The van der Waals surface area contributed by atoms with Crippen LogP contribution in [0.1, 0.15) is 35.2 Å². The lowest BCUT2D eigenvalue weighted by Crippen LogP contribution is -2.22. The van der Waals surface area contributed by atoms with Gasteiger partial charge in [-0.15, -0.1) is 0 Å². The molecule has 3 rings (SSSR count). The first-order chi connectivity index (χ1) is 9.79. The number of ether oxygens (including phenoxy) is 1. The van der Waals surface area contributed by atoms with Gasteiger partial charge in [-0.25, -0.2) is 0 Å². The maximum absolute atomic E-state index is 5.51. The van der Waals surface area contributed by atoms with Crippen molar-refractivity contribution in [3.8, 4) is 0 Å². The van der Waals surface area contributed by atoms with Gasteiger partial charge in [-0.3, -0.25) is 0 Å². The van der Waals surface area contributed by atoms with Crippen molar-refractivity contribution in [2.75, 3.05) is 6.54 Å². The molecule has 3 heteroatoms. The minimum absolute atomic E-state index is 0.210. The van der Waals surface area contributed by atoms with Gasteiger partial charge in [0.1, 0.15) is 0 Å². The summed E-state index contributed by atoms with van der Waals surface area (Å²) in [6.07, 6.45) is 0. The summed E-state index contributed by atoms with van der Waals surface area (Å²) in [7, 11) is 0. The van der Waals surface area contributed by atoms with E-state index in [0.717, 1.165) is 24.2 Å². The van der Waals surface area contributed by atoms with Gasteiger partial charge >= 0.3 is 0 Å². The summed E-state index contributed by atoms with van der Waals surface area (Å²) >= 11 is 3.66. The molecular formula is C17H18BrNO. The highest BCUT2D eigenvalue weighted by Gasteiger charge is 2.18. The zero-order chi connectivity index (χ0) is 13.9. The summed E-state index contributed by atoms with van der Waals surface area (Å²) < 4.78 is 6.65. The number of benzene rings is 2. The third-order valence-corrected chi connectivity index (χ3v) is 4.43. The van der Waals surface area contributed by atoms with E-state index in [0.29, 0.717) is 0 Å². The molecule has 0 aliphatic carbocycles. The predicted molar refractivity (Wildman–Crippen MR) is 84.6 cm³/mol. The second-order valence-corrected chi connectivity index (χ2v) is 5.89. The van der Waals surface area contributed by atoms with Crippen LogP contribution in [-0.4, -0.2) is 6.54 Å². The maximum atomic E-state index is 5.51. The Hall–Kier alpha value is -1.16. The smallest absolute Gasteiger partial charge is 0.0725 e. The first-order valence-corrected chi connectivity index (χ1v) is 7.76. The standard InChI is InChI=1S/C17H18BrNO/c1-2-19-17(15-5-3-4-6-16(15)18)12-7-8-13-10-20-11-14(13)9-12/h3-9,17,19H,2,10-11H2,1H3. The fourth-order valence-corrected chi connectivity index (χ4v) is 3.21. The van der Waals surface area contributed by atoms with Crippen LogP contribution in [0.15, 0.2) is 46.9 Å². The number of fused-ring (bicyclic) bond motifs is 1. The van der Waals surface area contributed by atoms with E-state index in [1.807, 2.05) is 6.07 Å². The second kappa shape index (κ2) is 6.08. The summed E-state index contributed by atoms with van der Waals surface area (Å²) in [5.41, 5.74) is 5.20. The van der Waals surface area contributed by atoms with Gasteiger partial charge in [-0.1, -0.05) is 59.3 Å². The second-order valence-electron chi connectivity index (χ2n) is 5.03. The zero-order valence-electron chi connectivity index (χ0n) is 11.5. The molecule has 1 aliphatic heterocycles. The molecule has 1 aliphatic rings. The van der Waals surface area contributed by atoms with Crippen LogP contribution in [-0.2, 0) is 18.0 Å². The molecule has 0 bridgehead atoms. The molecule has 2 nitrogen and oxygen atoms in total. The predicted octanol–water partition coefficient (Wildman–Crippen LogP) is 4.18. The Morgan fingerprint density at radius 3 is 2.75 bits per heavy atom. The topological polar surface area (TPSA) is 21.3 Å². The number of hydrogen-bond donors (Lipinski definition) is 1. The lowest BCUT2D eigenvalue weighted by molar-refractivity contribution is 0.134. The van der Waals surface area contributed by atoms with Crippen molar-refractivity contribution in [3.63, 3.8) is 0 Å². The molecule has 1 N–H and O–H groups in total. The highest BCUT2D eigenvalue weighted by atomic mass is 79.9. The maximum Gasteiger partial charge on any atom is 0.0725 e. The van der Waals surface area contributed by atoms with Gasteiger partial charge in [0.05, 0.1) is 19.3 Å². The summed E-state index contributed by atoms with van der Waals surface area (Å²) in [5, 5.41) is 3.58. The fourth-order valence-electron chi connectivity index (χ4n) is 2.69. The highest BCUT2D eigenvalue weighted by molar-refractivity contribution is 9.10. The van der Waals surface area contributed by atoms with E-state index < -0.39 is 0 Å². The molecule has 0 amide bonds. The van der Waals surface area contributed by atoms with Crippen LogP contribution in [0.5, 0.6) is 0 Å². The fraction of sp³-hybridized carbons (Fsp3) is 0.294. The lowest BCUT2D eigenvalue weighted by atomic mass is 9.95. The summed E-state index contributed by atoms with van der Waals surface area (Å²) in [5.74, 6) is 0. The molecule has 1 unspecified atom stereocenters. The van der Waals surface area contributed by atoms with Gasteiger partial charge in [0.15, 0.2) is 0 Å². The van der Waals surface area contributed by atoms with Crippen LogP contribution in [0.2, 0.25) is 0 Å². The highest BCUT2D eigenvalue weighted by Crippen LogP contribution is 2.31. The van der Waals surface area contributed by atoms with Crippen LogP contribution in [0.3, 0.4) is 0 Å². The van der Waals surface area contributed by atoms with Gasteiger partial charge < -0.3 is 10.1 Å². The van der Waals surface area contributed by atoms with Crippen molar-refractivity contribution in [2.24, 2.45) is 0 Å². The van der Waals surface area contributed by atoms with E-state index in [9.17, 15) is 0 Å². The number of halogens is 1. The molecule has 0 saturated carbocycles. The van der Waals surface area contributed by atoms with Gasteiger partial charge in [0.25, 0.3) is 0 Å². The monoisotopic (exact) mass is 331 g/mol. The van der Waals surface area contributed by atoms with E-state index in [1.165, 1.54) is 22.3 Å². The van der Waals surface area contributed by atoms with Crippen LogP contribution >= 0.6 is 15.9 Å². The van der Waals surface area contributed by atoms with E-state index >= 15 is 0 Å². The quantitative estimate of drug-likeness (QED) is 0.907. The third-order valence-electron chi connectivity index (χ3n) is 3.70. The Morgan fingerprint density at radius 1 is 1.15 bits per heavy atom. The van der Waals surface area contributed by atoms with E-state index in [-0.39, 0.29) is 6.04 Å². The first kappa shape index (κ1) is 13.8. The zero-order valence-corrected chi connectivity index (χ0v) is 13.1. The summed E-state index contributed by atoms with van der Waals surface area (Å²) in [6.45, 7) is 4.55. The summed E-state index contributed by atoms with van der Waals surface area (Å²) in [4.78, 5) is 0. The molecule has 0 saturated heterocycles. The van der Waals surface area contributed by atoms with Crippen LogP contribution < -0.4 is 5.32 Å². The molecule has 20 heavy (non-hydrogen) atoms. The molecule has 0 fully saturated rings. The van der Waals surface area contributed by atoms with Crippen molar-refractivity contribution in [3.05, 3.63) is 69.2 Å². The van der Waals surface area contributed by atoms with Crippen LogP contribution in [0.25, 0.3) is 0 Å². The Balaban J connectivity index is 2.01. The summed E-state index contributed by atoms with van der Waals surface area (Å²) in [6, 6.07) is 15.3. The van der Waals surface area contributed by atoms with Crippen LogP contribution in [0, 0.1) is 0 Å². The van der Waals surface area contributed by atoms with E-state index in [1.54, 1.807) is 0 Å². The normalized spacial score (nSPS) is 15.1. The van der Waals surface area contributed by atoms with Crippen LogP contribution in [0.4, 0.5) is 0 Å². The van der Waals surface area contributed by atoms with Crippen molar-refractivity contribution in [1.29, 1.82) is 0 Å². The van der Waals surface area contributed by atoms with Gasteiger partial charge in [0, 0.05) is 4.47 Å². The molecule has 0 radical (unpaired) electrons. The molecule has 0 spiro atoms. The largest absolute Gasteiger partial charge is 0.372 e. The SMILES string of the molecule is CCNC(c1ccc2c(c1)COC2)c1ccccc1Br. The van der Waals surface area contributed by atoms with E-state index in [2.05, 4.69) is 64.6 Å². The molecule has 0 aromatic heterocycles. The Kier molecular flexibility index (Phi) is 4.20. The average Bonchev–Trinajstić information content (AvgIpc) is 2.93. The molecule has 2 aromatic carbocycles. The molecular weight excluding hydrogens is 314 g/mol. The van der Waals surface area contributed by atoms with Crippen molar-refractivity contribution >= 4 is 15.9 Å². The molecule has 104 valence electrons. The molecule has 1 atom stereocenters. The van der Waals surface area contributed by atoms with Crippen molar-refractivity contribution in [2.45, 2.75) is 26.2 Å². The lowest BCUT2D eigenvalue weighted by Gasteiger charge is -2.21. The minimum atomic E-state index is 0.210. The molecule has 1 heterocycles. The van der Waals surface area contributed by atoms with Gasteiger partial charge in [-0.05, 0) is 34.9 Å². The third kappa shape index (κ3) is 2.66. The number of rotatable bonds is 4. The Morgan fingerprint density at radius 2 is 1.95 bits per heavy atom. The Labute approximate surface area is 128 Å². The first-order valence-electron chi connectivity index (χ1n) is 6.97. The minimum Gasteiger partial charge on any atom is -0.372 e. The number of hydrogen-bond acceptors (Lipinski definition) is 2. The van der Waals surface area contributed by atoms with Gasteiger partial charge in [0.2, 0.25) is 0 Å².